The van der Waals surface area contributed by atoms with Crippen molar-refractivity contribution >= 4 is 35.0 Å². The molecule has 2 rings (SSSR count). The van der Waals surface area contributed by atoms with Crippen molar-refractivity contribution in [3.05, 3.63) is 81.6 Å². The van der Waals surface area contributed by atoms with E-state index in [-0.39, 0.29) is 21.7 Å². The first-order valence-corrected chi connectivity index (χ1v) is 9.26. The molecule has 2 aromatic carbocycles. The van der Waals surface area contributed by atoms with E-state index in [0.717, 1.165) is 37.5 Å². The Kier molecular flexibility index (Phi) is 7.31. The number of carbonyl (C=O) groups excluding carboxylic acids is 2. The van der Waals surface area contributed by atoms with Crippen molar-refractivity contribution in [1.29, 1.82) is 0 Å². The number of halogens is 6. The van der Waals surface area contributed by atoms with Gasteiger partial charge in [0.1, 0.15) is 11.2 Å². The number of hydrogen-bond acceptors (Lipinski definition) is 3. The summed E-state index contributed by atoms with van der Waals surface area (Å²) in [7, 11) is 1.14. The van der Waals surface area contributed by atoms with Crippen LogP contribution in [-0.2, 0) is 10.2 Å². The van der Waals surface area contributed by atoms with Crippen LogP contribution in [0.1, 0.15) is 39.1 Å². The zero-order chi connectivity index (χ0) is 22.7. The Morgan fingerprint density at radius 1 is 1.10 bits per heavy atom. The van der Waals surface area contributed by atoms with Crippen molar-refractivity contribution in [1.82, 2.24) is 0 Å². The van der Waals surface area contributed by atoms with Crippen LogP contribution in [0.4, 0.5) is 17.6 Å². The first-order valence-electron chi connectivity index (χ1n) is 8.51. The maximum atomic E-state index is 14.2. The molecule has 0 radical (unpaired) electrons. The number of allylic oxidation sites excluding steroid dienone is 1. The summed E-state index contributed by atoms with van der Waals surface area (Å²) in [6.45, 7) is 3.37. The highest BCUT2D eigenvalue weighted by molar-refractivity contribution is 6.34. The highest BCUT2D eigenvalue weighted by Gasteiger charge is 2.56. The third-order valence-corrected chi connectivity index (χ3v) is 5.27. The summed E-state index contributed by atoms with van der Waals surface area (Å²) in [5, 5.41) is -0.637. The van der Waals surface area contributed by atoms with E-state index < -0.39 is 47.0 Å². The summed E-state index contributed by atoms with van der Waals surface area (Å²) in [5.74, 6) is -2.52. The molecule has 1 unspecified atom stereocenters. The van der Waals surface area contributed by atoms with Crippen LogP contribution in [-0.4, -0.2) is 25.0 Å². The molecule has 0 aliphatic heterocycles. The molecule has 0 spiro atoms. The Hall–Kier alpha value is -2.38. The molecule has 0 fully saturated rings. The first-order chi connectivity index (χ1) is 14.0. The summed E-state index contributed by atoms with van der Waals surface area (Å²) in [6.07, 6.45) is -5.49. The normalized spacial score (nSPS) is 13.4. The maximum absolute atomic E-state index is 14.2. The monoisotopic (exact) mass is 462 g/mol. The van der Waals surface area contributed by atoms with Gasteiger partial charge in [-0.15, -0.1) is 6.58 Å². The van der Waals surface area contributed by atoms with E-state index >= 15 is 0 Å². The van der Waals surface area contributed by atoms with Crippen molar-refractivity contribution < 1.29 is 31.9 Å². The fraction of sp³-hybridized carbons (Fsp3) is 0.238. The van der Waals surface area contributed by atoms with Gasteiger partial charge in [0.25, 0.3) is 0 Å². The number of ether oxygens (including phenoxy) is 1. The smallest absolute Gasteiger partial charge is 0.399 e. The molecule has 0 saturated heterocycles. The van der Waals surface area contributed by atoms with Crippen LogP contribution < -0.4 is 0 Å². The largest absolute Gasteiger partial charge is 0.465 e. The predicted molar refractivity (Wildman–Crippen MR) is 106 cm³/mol. The number of carbonyl (C=O) groups is 2. The van der Waals surface area contributed by atoms with Gasteiger partial charge in [0, 0.05) is 12.0 Å². The Bertz CT molecular complexity index is 989. The second-order valence-electron chi connectivity index (χ2n) is 6.49. The number of esters is 1. The minimum Gasteiger partial charge on any atom is -0.465 e. The summed E-state index contributed by atoms with van der Waals surface area (Å²) in [5.41, 5.74) is -3.21. The van der Waals surface area contributed by atoms with E-state index in [9.17, 15) is 27.2 Å². The molecule has 9 heteroatoms. The Morgan fingerprint density at radius 2 is 1.77 bits per heavy atom. The second kappa shape index (κ2) is 9.18. The number of benzene rings is 2. The molecule has 3 nitrogen and oxygen atoms in total. The molecule has 0 heterocycles. The van der Waals surface area contributed by atoms with Gasteiger partial charge < -0.3 is 4.74 Å². The Balaban J connectivity index is 2.54. The number of ketones is 1. The van der Waals surface area contributed by atoms with Crippen LogP contribution in [0.2, 0.25) is 10.0 Å². The first kappa shape index (κ1) is 23.9. The number of Topliss-reactive ketones (excluding diaryl/α,β-unsaturated/α-hetero) is 1. The van der Waals surface area contributed by atoms with Crippen LogP contribution >= 0.6 is 23.2 Å². The SMILES string of the molecule is C=CCC(CC(=O)c1ccc(C(=O)OC)c(Cl)c1)(c1ccc(F)c(Cl)c1)C(F)(F)F. The maximum Gasteiger partial charge on any atom is 0.399 e. The molecule has 1 atom stereocenters. The molecule has 0 aromatic heterocycles. The van der Waals surface area contributed by atoms with Gasteiger partial charge in [-0.1, -0.05) is 41.4 Å². The lowest BCUT2D eigenvalue weighted by atomic mass is 9.72. The van der Waals surface area contributed by atoms with Gasteiger partial charge in [0.05, 0.1) is 22.7 Å². The van der Waals surface area contributed by atoms with E-state index in [1.165, 1.54) is 12.1 Å². The van der Waals surface area contributed by atoms with Crippen molar-refractivity contribution in [2.75, 3.05) is 7.11 Å². The molecular formula is C21H16Cl2F4O3. The van der Waals surface area contributed by atoms with Gasteiger partial charge in [0.15, 0.2) is 5.78 Å². The third kappa shape index (κ3) is 4.68. The molecule has 0 N–H and O–H groups in total. The Labute approximate surface area is 180 Å². The van der Waals surface area contributed by atoms with Crippen LogP contribution in [0, 0.1) is 5.82 Å². The molecule has 0 aliphatic carbocycles. The molecule has 0 aliphatic rings. The molecule has 0 amide bonds. The fourth-order valence-corrected chi connectivity index (χ4v) is 3.49. The van der Waals surface area contributed by atoms with E-state index in [1.54, 1.807) is 0 Å². The van der Waals surface area contributed by atoms with Gasteiger partial charge in [-0.25, -0.2) is 9.18 Å². The topological polar surface area (TPSA) is 43.4 Å². The predicted octanol–water partition coefficient (Wildman–Crippen LogP) is 6.57. The number of methoxy groups -OCH3 is 1. The van der Waals surface area contributed by atoms with Gasteiger partial charge in [-0.3, -0.25) is 4.79 Å². The third-order valence-electron chi connectivity index (χ3n) is 4.67. The van der Waals surface area contributed by atoms with Gasteiger partial charge in [-0.05, 0) is 36.2 Å². The van der Waals surface area contributed by atoms with E-state index in [1.807, 2.05) is 0 Å². The second-order valence-corrected chi connectivity index (χ2v) is 7.30. The van der Waals surface area contributed by atoms with E-state index in [4.69, 9.17) is 23.2 Å². The van der Waals surface area contributed by atoms with Gasteiger partial charge in [-0.2, -0.15) is 13.2 Å². The highest BCUT2D eigenvalue weighted by atomic mass is 35.5. The highest BCUT2D eigenvalue weighted by Crippen LogP contribution is 2.48. The van der Waals surface area contributed by atoms with E-state index in [2.05, 4.69) is 11.3 Å². The average Bonchev–Trinajstić information content (AvgIpc) is 2.68. The zero-order valence-corrected chi connectivity index (χ0v) is 17.2. The minimum atomic E-state index is -4.88. The average molecular weight is 463 g/mol. The van der Waals surface area contributed by atoms with Crippen molar-refractivity contribution in [2.24, 2.45) is 0 Å². The summed E-state index contributed by atoms with van der Waals surface area (Å²) in [6, 6.07) is 6.09. The summed E-state index contributed by atoms with van der Waals surface area (Å²) in [4.78, 5) is 24.4. The molecule has 0 saturated carbocycles. The summed E-state index contributed by atoms with van der Waals surface area (Å²) < 4.78 is 60.7. The quantitative estimate of drug-likeness (QED) is 0.202. The molecule has 2 aromatic rings. The summed E-state index contributed by atoms with van der Waals surface area (Å²) >= 11 is 11.7. The standard InChI is InChI=1S/C21H16Cl2F4O3/c1-3-8-20(21(25,26)27,13-5-7-17(24)16(23)10-13)11-18(28)12-4-6-14(15(22)9-12)19(29)30-2/h3-7,9-10H,1,8,11H2,2H3. The van der Waals surface area contributed by atoms with Gasteiger partial charge in [0.2, 0.25) is 0 Å². The lowest BCUT2D eigenvalue weighted by molar-refractivity contribution is -0.189. The number of hydrogen-bond donors (Lipinski definition) is 0. The van der Waals surface area contributed by atoms with Crippen molar-refractivity contribution in [3.63, 3.8) is 0 Å². The lowest BCUT2D eigenvalue weighted by Gasteiger charge is -2.35. The molecule has 30 heavy (non-hydrogen) atoms. The van der Waals surface area contributed by atoms with Crippen LogP contribution in [0.25, 0.3) is 0 Å². The molecular weight excluding hydrogens is 447 g/mol. The number of alkyl halides is 3. The molecule has 160 valence electrons. The Morgan fingerprint density at radius 3 is 2.27 bits per heavy atom. The van der Waals surface area contributed by atoms with Crippen LogP contribution in [0.5, 0.6) is 0 Å². The van der Waals surface area contributed by atoms with E-state index in [0.29, 0.717) is 0 Å². The van der Waals surface area contributed by atoms with Crippen molar-refractivity contribution in [2.45, 2.75) is 24.4 Å². The van der Waals surface area contributed by atoms with Gasteiger partial charge >= 0.3 is 12.1 Å². The number of rotatable bonds is 7. The lowest BCUT2D eigenvalue weighted by Crippen LogP contribution is -2.44. The van der Waals surface area contributed by atoms with Crippen LogP contribution in [0.15, 0.2) is 49.1 Å². The zero-order valence-electron chi connectivity index (χ0n) is 15.7. The van der Waals surface area contributed by atoms with Crippen molar-refractivity contribution in [3.8, 4) is 0 Å². The fourth-order valence-electron chi connectivity index (χ4n) is 3.05. The molecule has 0 bridgehead atoms. The van der Waals surface area contributed by atoms with Crippen LogP contribution in [0.3, 0.4) is 0 Å². The minimum absolute atomic E-state index is 0.0331.